The predicted octanol–water partition coefficient (Wildman–Crippen LogP) is 2.59. The van der Waals surface area contributed by atoms with Crippen LogP contribution in [0, 0.1) is 12.7 Å². The number of aryl methyl sites for hydroxylation is 1. The lowest BCUT2D eigenvalue weighted by Crippen LogP contribution is -2.21. The molecule has 0 aliphatic heterocycles. The van der Waals surface area contributed by atoms with Gasteiger partial charge in [-0.05, 0) is 25.1 Å². The zero-order valence-corrected chi connectivity index (χ0v) is 12.3. The number of aromatic nitrogens is 2. The van der Waals surface area contributed by atoms with Crippen molar-refractivity contribution in [3.63, 3.8) is 0 Å². The molecule has 0 aliphatic rings. The molecule has 3 rings (SSSR count). The lowest BCUT2D eigenvalue weighted by atomic mass is 10.1. The van der Waals surface area contributed by atoms with Crippen LogP contribution < -0.4 is 5.56 Å². The van der Waals surface area contributed by atoms with Crippen molar-refractivity contribution in [3.05, 3.63) is 75.6 Å². The lowest BCUT2D eigenvalue weighted by Gasteiger charge is -2.09. The van der Waals surface area contributed by atoms with Gasteiger partial charge in [-0.15, -0.1) is 0 Å². The number of hydrogen-bond acceptors (Lipinski definition) is 3. The van der Waals surface area contributed by atoms with E-state index < -0.39 is 17.3 Å². The number of fused-ring (bicyclic) bond motifs is 1. The molecule has 0 radical (unpaired) electrons. The van der Waals surface area contributed by atoms with Gasteiger partial charge in [0.1, 0.15) is 5.82 Å². The van der Waals surface area contributed by atoms with Crippen molar-refractivity contribution in [1.29, 1.82) is 0 Å². The van der Waals surface area contributed by atoms with E-state index in [2.05, 4.69) is 4.98 Å². The summed E-state index contributed by atoms with van der Waals surface area (Å²) < 4.78 is 15.1. The number of carboxylic acid groups (broad SMARTS) is 1. The highest BCUT2D eigenvalue weighted by molar-refractivity contribution is 5.93. The molecule has 0 atom stereocenters. The maximum atomic E-state index is 13.7. The fraction of sp³-hybridized carbons (Fsp3) is 0.118. The van der Waals surface area contributed by atoms with Crippen LogP contribution >= 0.6 is 0 Å². The molecule has 6 heteroatoms. The third kappa shape index (κ3) is 2.70. The SMILES string of the molecule is Cc1nc2ccn(Cc3ccccc3F)c(=O)c2cc1C(=O)O. The van der Waals surface area contributed by atoms with E-state index in [9.17, 15) is 14.0 Å². The molecule has 0 bridgehead atoms. The number of benzene rings is 1. The van der Waals surface area contributed by atoms with Crippen LogP contribution in [0.25, 0.3) is 10.9 Å². The van der Waals surface area contributed by atoms with Crippen LogP contribution in [0.4, 0.5) is 4.39 Å². The maximum absolute atomic E-state index is 13.7. The highest BCUT2D eigenvalue weighted by Crippen LogP contribution is 2.14. The number of aromatic carboxylic acids is 1. The van der Waals surface area contributed by atoms with Gasteiger partial charge in [0, 0.05) is 11.8 Å². The van der Waals surface area contributed by atoms with E-state index in [4.69, 9.17) is 5.11 Å². The van der Waals surface area contributed by atoms with Gasteiger partial charge in [-0.1, -0.05) is 18.2 Å². The first-order valence-corrected chi connectivity index (χ1v) is 6.95. The van der Waals surface area contributed by atoms with E-state index in [0.29, 0.717) is 16.8 Å². The summed E-state index contributed by atoms with van der Waals surface area (Å²) in [6.07, 6.45) is 1.53. The van der Waals surface area contributed by atoms with Crippen molar-refractivity contribution in [1.82, 2.24) is 9.55 Å². The Morgan fingerprint density at radius 2 is 2.04 bits per heavy atom. The van der Waals surface area contributed by atoms with Crippen LogP contribution in [0.5, 0.6) is 0 Å². The van der Waals surface area contributed by atoms with Crippen molar-refractivity contribution in [2.75, 3.05) is 0 Å². The summed E-state index contributed by atoms with van der Waals surface area (Å²) in [4.78, 5) is 27.9. The van der Waals surface area contributed by atoms with Gasteiger partial charge >= 0.3 is 5.97 Å². The second-order valence-corrected chi connectivity index (χ2v) is 5.20. The lowest BCUT2D eigenvalue weighted by molar-refractivity contribution is 0.0696. The number of hydrogen-bond donors (Lipinski definition) is 1. The monoisotopic (exact) mass is 312 g/mol. The van der Waals surface area contributed by atoms with Gasteiger partial charge in [0.2, 0.25) is 0 Å². The molecule has 2 aromatic heterocycles. The molecule has 0 fully saturated rings. The average Bonchev–Trinajstić information content (AvgIpc) is 2.51. The Labute approximate surface area is 130 Å². The Morgan fingerprint density at radius 1 is 1.30 bits per heavy atom. The molecule has 1 aromatic carbocycles. The zero-order valence-electron chi connectivity index (χ0n) is 12.3. The van der Waals surface area contributed by atoms with Crippen molar-refractivity contribution in [3.8, 4) is 0 Å². The number of pyridine rings is 2. The third-order valence-corrected chi connectivity index (χ3v) is 3.68. The van der Waals surface area contributed by atoms with E-state index in [-0.39, 0.29) is 17.5 Å². The number of carbonyl (C=O) groups is 1. The summed E-state index contributed by atoms with van der Waals surface area (Å²) in [5.41, 5.74) is 0.727. The van der Waals surface area contributed by atoms with Crippen LogP contribution in [-0.4, -0.2) is 20.6 Å². The molecular weight excluding hydrogens is 299 g/mol. The number of carboxylic acids is 1. The molecule has 0 spiro atoms. The van der Waals surface area contributed by atoms with Crippen molar-refractivity contribution in [2.45, 2.75) is 13.5 Å². The Balaban J connectivity index is 2.15. The van der Waals surface area contributed by atoms with Gasteiger partial charge in [0.25, 0.3) is 5.56 Å². The Morgan fingerprint density at radius 3 is 2.74 bits per heavy atom. The summed E-state index contributed by atoms with van der Waals surface area (Å²) in [5.74, 6) is -1.53. The molecular formula is C17H13FN2O3. The first-order chi connectivity index (χ1) is 11.0. The number of rotatable bonds is 3. The predicted molar refractivity (Wildman–Crippen MR) is 83.2 cm³/mol. The van der Waals surface area contributed by atoms with E-state index in [0.717, 1.165) is 0 Å². The summed E-state index contributed by atoms with van der Waals surface area (Å²) in [6, 6.07) is 9.14. The van der Waals surface area contributed by atoms with Crippen molar-refractivity contribution >= 4 is 16.9 Å². The molecule has 23 heavy (non-hydrogen) atoms. The summed E-state index contributed by atoms with van der Waals surface area (Å²) >= 11 is 0. The molecule has 0 saturated carbocycles. The standard InChI is InChI=1S/C17H13FN2O3/c1-10-12(17(22)23)8-13-15(19-10)6-7-20(16(13)21)9-11-4-2-3-5-14(11)18/h2-8H,9H2,1H3,(H,22,23). The Hall–Kier alpha value is -3.02. The van der Waals surface area contributed by atoms with E-state index >= 15 is 0 Å². The molecule has 5 nitrogen and oxygen atoms in total. The van der Waals surface area contributed by atoms with Crippen LogP contribution in [0.15, 0.2) is 47.4 Å². The molecule has 3 aromatic rings. The summed E-state index contributed by atoms with van der Waals surface area (Å²) in [7, 11) is 0. The third-order valence-electron chi connectivity index (χ3n) is 3.68. The number of halogens is 1. The quantitative estimate of drug-likeness (QED) is 0.807. The van der Waals surface area contributed by atoms with Crippen LogP contribution in [0.2, 0.25) is 0 Å². The molecule has 0 aliphatic carbocycles. The highest BCUT2D eigenvalue weighted by Gasteiger charge is 2.13. The zero-order chi connectivity index (χ0) is 16.6. The van der Waals surface area contributed by atoms with E-state index in [1.807, 2.05) is 0 Å². The smallest absolute Gasteiger partial charge is 0.337 e. The Kier molecular flexibility index (Phi) is 3.65. The second kappa shape index (κ2) is 5.64. The summed E-state index contributed by atoms with van der Waals surface area (Å²) in [5, 5.41) is 9.36. The molecule has 2 heterocycles. The van der Waals surface area contributed by atoms with Gasteiger partial charge in [-0.2, -0.15) is 0 Å². The highest BCUT2D eigenvalue weighted by atomic mass is 19.1. The van der Waals surface area contributed by atoms with E-state index in [1.165, 1.54) is 22.9 Å². The molecule has 116 valence electrons. The molecule has 0 amide bonds. The topological polar surface area (TPSA) is 72.2 Å². The fourth-order valence-corrected chi connectivity index (χ4v) is 2.46. The number of nitrogens with zero attached hydrogens (tertiary/aromatic N) is 2. The van der Waals surface area contributed by atoms with Gasteiger partial charge in [0.15, 0.2) is 0 Å². The largest absolute Gasteiger partial charge is 0.478 e. The summed E-state index contributed by atoms with van der Waals surface area (Å²) in [6.45, 7) is 1.64. The normalized spacial score (nSPS) is 10.9. The van der Waals surface area contributed by atoms with Crippen LogP contribution in [0.1, 0.15) is 21.6 Å². The minimum Gasteiger partial charge on any atom is -0.478 e. The second-order valence-electron chi connectivity index (χ2n) is 5.20. The first kappa shape index (κ1) is 14.9. The Bertz CT molecular complexity index is 979. The van der Waals surface area contributed by atoms with Crippen molar-refractivity contribution in [2.24, 2.45) is 0 Å². The fourth-order valence-electron chi connectivity index (χ4n) is 2.46. The minimum absolute atomic E-state index is 0.0155. The molecule has 0 saturated heterocycles. The minimum atomic E-state index is -1.14. The van der Waals surface area contributed by atoms with Crippen molar-refractivity contribution < 1.29 is 14.3 Å². The van der Waals surface area contributed by atoms with Crippen LogP contribution in [0.3, 0.4) is 0 Å². The van der Waals surface area contributed by atoms with Crippen LogP contribution in [-0.2, 0) is 6.54 Å². The van der Waals surface area contributed by atoms with E-state index in [1.54, 1.807) is 31.2 Å². The van der Waals surface area contributed by atoms with Gasteiger partial charge in [-0.3, -0.25) is 9.78 Å². The molecule has 1 N–H and O–H groups in total. The van der Waals surface area contributed by atoms with Gasteiger partial charge in [0.05, 0.1) is 28.7 Å². The van der Waals surface area contributed by atoms with Gasteiger partial charge in [-0.25, -0.2) is 9.18 Å². The maximum Gasteiger partial charge on any atom is 0.337 e. The average molecular weight is 312 g/mol. The van der Waals surface area contributed by atoms with Gasteiger partial charge < -0.3 is 9.67 Å². The molecule has 0 unspecified atom stereocenters. The first-order valence-electron chi connectivity index (χ1n) is 6.95.